The molecule has 0 saturated carbocycles. The van der Waals surface area contributed by atoms with Crippen molar-refractivity contribution in [2.75, 3.05) is 18.2 Å². The molecule has 1 amide bonds. The molecule has 0 atom stereocenters. The Morgan fingerprint density at radius 1 is 1.24 bits per heavy atom. The van der Waals surface area contributed by atoms with Crippen molar-refractivity contribution >= 4 is 56.4 Å². The van der Waals surface area contributed by atoms with Gasteiger partial charge in [0.15, 0.2) is 0 Å². The van der Waals surface area contributed by atoms with Crippen LogP contribution in [0.5, 0.6) is 5.75 Å². The predicted molar refractivity (Wildman–Crippen MR) is 89.5 cm³/mol. The van der Waals surface area contributed by atoms with Gasteiger partial charge in [-0.05, 0) is 40.2 Å². The van der Waals surface area contributed by atoms with Crippen LogP contribution in [0.1, 0.15) is 10.4 Å². The highest BCUT2D eigenvalue weighted by molar-refractivity contribution is 9.10. The smallest absolute Gasteiger partial charge is 0.257 e. The van der Waals surface area contributed by atoms with E-state index < -0.39 is 0 Å². The molecule has 7 heteroatoms. The van der Waals surface area contributed by atoms with Crippen molar-refractivity contribution in [3.05, 3.63) is 50.4 Å². The lowest BCUT2D eigenvalue weighted by Crippen LogP contribution is -2.14. The Morgan fingerprint density at radius 3 is 2.57 bits per heavy atom. The zero-order chi connectivity index (χ0) is 15.6. The van der Waals surface area contributed by atoms with Gasteiger partial charge in [-0.3, -0.25) is 4.79 Å². The highest BCUT2D eigenvalue weighted by Gasteiger charge is 2.14. The molecule has 21 heavy (non-hydrogen) atoms. The fraction of sp³-hybridized carbons (Fsp3) is 0.0714. The molecular weight excluding hydrogens is 379 g/mol. The van der Waals surface area contributed by atoms with Gasteiger partial charge in [0.2, 0.25) is 0 Å². The van der Waals surface area contributed by atoms with Crippen LogP contribution in [0, 0.1) is 0 Å². The third-order valence-corrected chi connectivity index (χ3v) is 4.56. The summed E-state index contributed by atoms with van der Waals surface area (Å²) in [4.78, 5) is 12.2. The van der Waals surface area contributed by atoms with E-state index in [1.165, 1.54) is 7.11 Å². The summed E-state index contributed by atoms with van der Waals surface area (Å²) in [6.45, 7) is 0. The van der Waals surface area contributed by atoms with Gasteiger partial charge in [-0.25, -0.2) is 0 Å². The van der Waals surface area contributed by atoms with Crippen molar-refractivity contribution in [1.29, 1.82) is 0 Å². The Hall–Kier alpha value is -1.43. The molecule has 0 aliphatic carbocycles. The van der Waals surface area contributed by atoms with Crippen molar-refractivity contribution in [1.82, 2.24) is 0 Å². The molecule has 0 heterocycles. The number of nitrogens with one attached hydrogen (secondary N) is 1. The number of hydrogen-bond acceptors (Lipinski definition) is 3. The second kappa shape index (κ2) is 6.56. The lowest BCUT2D eigenvalue weighted by atomic mass is 10.1. The summed E-state index contributed by atoms with van der Waals surface area (Å²) in [6.07, 6.45) is 0. The summed E-state index contributed by atoms with van der Waals surface area (Å²) < 4.78 is 5.69. The maximum atomic E-state index is 12.2. The van der Waals surface area contributed by atoms with Crippen LogP contribution in [0.3, 0.4) is 0 Å². The number of methoxy groups -OCH3 is 1. The van der Waals surface area contributed by atoms with Crippen molar-refractivity contribution in [3.8, 4) is 5.75 Å². The summed E-state index contributed by atoms with van der Waals surface area (Å²) in [5, 5.41) is 3.26. The average Bonchev–Trinajstić information content (AvgIpc) is 2.47. The van der Waals surface area contributed by atoms with Crippen molar-refractivity contribution in [2.45, 2.75) is 0 Å². The van der Waals surface area contributed by atoms with Crippen LogP contribution >= 0.6 is 39.1 Å². The number of hydrogen-bond donors (Lipinski definition) is 2. The number of anilines is 2. The minimum Gasteiger partial charge on any atom is -0.497 e. The molecule has 0 spiro atoms. The van der Waals surface area contributed by atoms with Crippen LogP contribution in [-0.2, 0) is 0 Å². The van der Waals surface area contributed by atoms with E-state index >= 15 is 0 Å². The Bertz CT molecular complexity index is 708. The summed E-state index contributed by atoms with van der Waals surface area (Å²) in [5.41, 5.74) is 6.88. The Morgan fingerprint density at radius 2 is 1.95 bits per heavy atom. The molecule has 0 aliphatic rings. The van der Waals surface area contributed by atoms with Crippen LogP contribution < -0.4 is 15.8 Å². The standard InChI is InChI=1S/C14H11BrCl2N2O2/c1-21-7-2-3-8(10(18)6-7)14(20)19-11-5-4-9(15)12(16)13(11)17/h2-6H,18H2,1H3,(H,19,20). The van der Waals surface area contributed by atoms with Gasteiger partial charge < -0.3 is 15.8 Å². The number of halogens is 3. The largest absolute Gasteiger partial charge is 0.497 e. The van der Waals surface area contributed by atoms with Crippen molar-refractivity contribution in [2.24, 2.45) is 0 Å². The molecule has 0 aromatic heterocycles. The number of rotatable bonds is 3. The summed E-state index contributed by atoms with van der Waals surface area (Å²) in [7, 11) is 1.53. The van der Waals surface area contributed by atoms with E-state index in [4.69, 9.17) is 33.7 Å². The molecule has 4 nitrogen and oxygen atoms in total. The Balaban J connectivity index is 2.28. The second-order valence-corrected chi connectivity index (χ2v) is 5.74. The van der Waals surface area contributed by atoms with E-state index in [-0.39, 0.29) is 10.9 Å². The molecule has 0 unspecified atom stereocenters. The van der Waals surface area contributed by atoms with Crippen molar-refractivity contribution < 1.29 is 9.53 Å². The van der Waals surface area contributed by atoms with E-state index in [9.17, 15) is 4.79 Å². The maximum Gasteiger partial charge on any atom is 0.257 e. The van der Waals surface area contributed by atoms with Crippen LogP contribution in [0.15, 0.2) is 34.8 Å². The van der Waals surface area contributed by atoms with Gasteiger partial charge in [0, 0.05) is 16.2 Å². The Labute approximate surface area is 140 Å². The van der Waals surface area contributed by atoms with Gasteiger partial charge in [-0.1, -0.05) is 23.2 Å². The summed E-state index contributed by atoms with van der Waals surface area (Å²) in [6, 6.07) is 8.15. The quantitative estimate of drug-likeness (QED) is 0.595. The minimum atomic E-state index is -0.379. The first-order chi connectivity index (χ1) is 9.93. The van der Waals surface area contributed by atoms with Gasteiger partial charge in [0.1, 0.15) is 5.75 Å². The van der Waals surface area contributed by atoms with Crippen LogP contribution in [0.2, 0.25) is 10.0 Å². The van der Waals surface area contributed by atoms with E-state index in [1.807, 2.05) is 0 Å². The number of carbonyl (C=O) groups excluding carboxylic acids is 1. The molecule has 3 N–H and O–H groups in total. The molecule has 2 aromatic rings. The number of benzene rings is 2. The lowest BCUT2D eigenvalue weighted by molar-refractivity contribution is 0.102. The normalized spacial score (nSPS) is 10.3. The topological polar surface area (TPSA) is 64.3 Å². The zero-order valence-corrected chi connectivity index (χ0v) is 14.0. The average molecular weight is 390 g/mol. The maximum absolute atomic E-state index is 12.2. The van der Waals surface area contributed by atoms with E-state index in [2.05, 4.69) is 21.2 Å². The van der Waals surface area contributed by atoms with Crippen LogP contribution in [0.4, 0.5) is 11.4 Å². The van der Waals surface area contributed by atoms with E-state index in [0.29, 0.717) is 32.2 Å². The first-order valence-electron chi connectivity index (χ1n) is 5.82. The van der Waals surface area contributed by atoms with Gasteiger partial charge >= 0.3 is 0 Å². The minimum absolute atomic E-state index is 0.256. The first-order valence-corrected chi connectivity index (χ1v) is 7.37. The van der Waals surface area contributed by atoms with Crippen LogP contribution in [-0.4, -0.2) is 13.0 Å². The molecular formula is C14H11BrCl2N2O2. The number of ether oxygens (including phenoxy) is 1. The summed E-state index contributed by atoms with van der Waals surface area (Å²) >= 11 is 15.4. The molecule has 0 saturated heterocycles. The molecule has 110 valence electrons. The van der Waals surface area contributed by atoms with Gasteiger partial charge in [-0.2, -0.15) is 0 Å². The highest BCUT2D eigenvalue weighted by Crippen LogP contribution is 2.36. The third kappa shape index (κ3) is 3.43. The zero-order valence-electron chi connectivity index (χ0n) is 10.9. The number of nitrogens with two attached hydrogens (primary N) is 1. The monoisotopic (exact) mass is 388 g/mol. The number of nitrogen functional groups attached to an aromatic ring is 1. The number of amides is 1. The fourth-order valence-corrected chi connectivity index (χ4v) is 2.51. The SMILES string of the molecule is COc1ccc(C(=O)Nc2ccc(Br)c(Cl)c2Cl)c(N)c1. The second-order valence-electron chi connectivity index (χ2n) is 4.13. The summed E-state index contributed by atoms with van der Waals surface area (Å²) in [5.74, 6) is 0.198. The molecule has 2 rings (SSSR count). The van der Waals surface area contributed by atoms with Gasteiger partial charge in [0.05, 0.1) is 28.4 Å². The van der Waals surface area contributed by atoms with E-state index in [0.717, 1.165) is 0 Å². The molecule has 0 radical (unpaired) electrons. The molecule has 0 bridgehead atoms. The van der Waals surface area contributed by atoms with E-state index in [1.54, 1.807) is 30.3 Å². The number of carbonyl (C=O) groups is 1. The van der Waals surface area contributed by atoms with Crippen molar-refractivity contribution in [3.63, 3.8) is 0 Å². The van der Waals surface area contributed by atoms with Gasteiger partial charge in [-0.15, -0.1) is 0 Å². The molecule has 2 aromatic carbocycles. The lowest BCUT2D eigenvalue weighted by Gasteiger charge is -2.11. The first kappa shape index (κ1) is 15.9. The van der Waals surface area contributed by atoms with Gasteiger partial charge in [0.25, 0.3) is 5.91 Å². The highest BCUT2D eigenvalue weighted by atomic mass is 79.9. The Kier molecular flexibility index (Phi) is 4.98. The fourth-order valence-electron chi connectivity index (χ4n) is 1.69. The van der Waals surface area contributed by atoms with Crippen LogP contribution in [0.25, 0.3) is 0 Å². The molecule has 0 aliphatic heterocycles. The third-order valence-electron chi connectivity index (χ3n) is 2.79. The molecule has 0 fully saturated rings. The predicted octanol–water partition coefficient (Wildman–Crippen LogP) is 4.60.